The zero-order valence-corrected chi connectivity index (χ0v) is 11.0. The second-order valence-electron chi connectivity index (χ2n) is 5.54. The van der Waals surface area contributed by atoms with Gasteiger partial charge in [0.05, 0.1) is 0 Å². The lowest BCUT2D eigenvalue weighted by molar-refractivity contribution is 0.0498. The van der Waals surface area contributed by atoms with E-state index < -0.39 is 11.7 Å². The molecule has 1 amide bonds. The van der Waals surface area contributed by atoms with Crippen molar-refractivity contribution in [3.05, 3.63) is 0 Å². The molecule has 100 valence electrons. The fourth-order valence-corrected chi connectivity index (χ4v) is 1.86. The Morgan fingerprint density at radius 3 is 2.76 bits per heavy atom. The van der Waals surface area contributed by atoms with E-state index in [1.54, 1.807) is 0 Å². The summed E-state index contributed by atoms with van der Waals surface area (Å²) in [6.07, 6.45) is 1.51. The first-order valence-corrected chi connectivity index (χ1v) is 6.18. The molecule has 3 N–H and O–H groups in total. The van der Waals surface area contributed by atoms with Gasteiger partial charge in [0, 0.05) is 25.8 Å². The van der Waals surface area contributed by atoms with E-state index in [2.05, 4.69) is 5.32 Å². The maximum atomic E-state index is 11.6. The van der Waals surface area contributed by atoms with Crippen molar-refractivity contribution in [3.8, 4) is 0 Å². The summed E-state index contributed by atoms with van der Waals surface area (Å²) < 4.78 is 10.5. The van der Waals surface area contributed by atoms with Crippen molar-refractivity contribution < 1.29 is 14.3 Å². The Morgan fingerprint density at radius 2 is 2.29 bits per heavy atom. The lowest BCUT2D eigenvalue weighted by Gasteiger charge is -2.24. The van der Waals surface area contributed by atoms with Crippen molar-refractivity contribution in [2.45, 2.75) is 45.3 Å². The normalized spacial score (nSPS) is 22.2. The number of hydrogen-bond acceptors (Lipinski definition) is 4. The van der Waals surface area contributed by atoms with Crippen LogP contribution in [0.5, 0.6) is 0 Å². The number of rotatable bonds is 4. The third-order valence-electron chi connectivity index (χ3n) is 2.65. The van der Waals surface area contributed by atoms with E-state index in [9.17, 15) is 4.79 Å². The average molecular weight is 244 g/mol. The highest BCUT2D eigenvalue weighted by Gasteiger charge is 2.23. The van der Waals surface area contributed by atoms with Crippen LogP contribution in [0.15, 0.2) is 0 Å². The molecule has 0 spiro atoms. The van der Waals surface area contributed by atoms with E-state index in [-0.39, 0.29) is 6.04 Å². The summed E-state index contributed by atoms with van der Waals surface area (Å²) in [7, 11) is 0. The summed E-state index contributed by atoms with van der Waals surface area (Å²) in [5.41, 5.74) is 5.18. The van der Waals surface area contributed by atoms with Gasteiger partial charge in [-0.15, -0.1) is 0 Å². The van der Waals surface area contributed by atoms with E-state index in [1.165, 1.54) is 0 Å². The number of carbonyl (C=O) groups excluding carboxylic acids is 1. The molecule has 2 unspecified atom stereocenters. The van der Waals surface area contributed by atoms with Crippen molar-refractivity contribution in [2.24, 2.45) is 11.7 Å². The van der Waals surface area contributed by atoms with Gasteiger partial charge in [-0.25, -0.2) is 4.79 Å². The van der Waals surface area contributed by atoms with Crippen LogP contribution >= 0.6 is 0 Å². The fraction of sp³-hybridized carbons (Fsp3) is 0.917. The molecule has 1 saturated heterocycles. The monoisotopic (exact) mass is 244 g/mol. The molecule has 0 radical (unpaired) electrons. The first kappa shape index (κ1) is 14.3. The Morgan fingerprint density at radius 1 is 1.59 bits per heavy atom. The Bertz CT molecular complexity index is 245. The van der Waals surface area contributed by atoms with Crippen molar-refractivity contribution in [3.63, 3.8) is 0 Å². The zero-order chi connectivity index (χ0) is 12.9. The number of amides is 1. The molecule has 1 fully saturated rings. The van der Waals surface area contributed by atoms with Crippen molar-refractivity contribution in [2.75, 3.05) is 19.8 Å². The Hall–Kier alpha value is -0.810. The van der Waals surface area contributed by atoms with Crippen LogP contribution in [0.4, 0.5) is 4.79 Å². The van der Waals surface area contributed by atoms with Crippen LogP contribution < -0.4 is 11.1 Å². The number of hydrogen-bond donors (Lipinski definition) is 2. The molecule has 0 aromatic rings. The van der Waals surface area contributed by atoms with Crippen LogP contribution in [-0.4, -0.2) is 37.5 Å². The van der Waals surface area contributed by atoms with Gasteiger partial charge in [0.25, 0.3) is 0 Å². The summed E-state index contributed by atoms with van der Waals surface area (Å²) in [5, 5.41) is 2.81. The zero-order valence-electron chi connectivity index (χ0n) is 11.0. The van der Waals surface area contributed by atoms with Crippen LogP contribution in [-0.2, 0) is 9.47 Å². The van der Waals surface area contributed by atoms with Gasteiger partial charge < -0.3 is 20.5 Å². The van der Waals surface area contributed by atoms with Crippen LogP contribution in [0.1, 0.15) is 33.6 Å². The van der Waals surface area contributed by atoms with Gasteiger partial charge in [-0.2, -0.15) is 0 Å². The van der Waals surface area contributed by atoms with Crippen LogP contribution in [0.3, 0.4) is 0 Å². The van der Waals surface area contributed by atoms with Gasteiger partial charge in [-0.3, -0.25) is 0 Å². The highest BCUT2D eigenvalue weighted by Crippen LogP contribution is 2.18. The summed E-state index contributed by atoms with van der Waals surface area (Å²) in [6, 6.07) is -0.0310. The van der Waals surface area contributed by atoms with Crippen LogP contribution in [0.25, 0.3) is 0 Å². The smallest absolute Gasteiger partial charge is 0.407 e. The minimum atomic E-state index is -0.473. The SMILES string of the molecule is CC(C)(C)OC(=O)NC(CN)CC1CCOC1. The molecule has 2 atom stereocenters. The molecule has 17 heavy (non-hydrogen) atoms. The Labute approximate surface area is 103 Å². The third kappa shape index (κ3) is 5.89. The molecule has 1 rings (SSSR count). The molecule has 0 bridgehead atoms. The standard InChI is InChI=1S/C12H24N2O3/c1-12(2,3)17-11(15)14-10(7-13)6-9-4-5-16-8-9/h9-10H,4-8,13H2,1-3H3,(H,14,15). The number of nitrogens with two attached hydrogens (primary N) is 1. The summed E-state index contributed by atoms with van der Waals surface area (Å²) in [6.45, 7) is 7.54. The molecule has 1 heterocycles. The van der Waals surface area contributed by atoms with E-state index in [0.29, 0.717) is 12.5 Å². The Kier molecular flexibility index (Phi) is 5.21. The lowest BCUT2D eigenvalue weighted by Crippen LogP contribution is -2.44. The van der Waals surface area contributed by atoms with E-state index in [1.807, 2.05) is 20.8 Å². The highest BCUT2D eigenvalue weighted by molar-refractivity contribution is 5.68. The van der Waals surface area contributed by atoms with E-state index >= 15 is 0 Å². The molecule has 5 nitrogen and oxygen atoms in total. The number of ether oxygens (including phenoxy) is 2. The number of nitrogens with one attached hydrogen (secondary N) is 1. The summed E-state index contributed by atoms with van der Waals surface area (Å²) >= 11 is 0. The summed E-state index contributed by atoms with van der Waals surface area (Å²) in [4.78, 5) is 11.6. The van der Waals surface area contributed by atoms with E-state index in [4.69, 9.17) is 15.2 Å². The minimum Gasteiger partial charge on any atom is -0.444 e. The molecular weight excluding hydrogens is 220 g/mol. The quantitative estimate of drug-likeness (QED) is 0.781. The fourth-order valence-electron chi connectivity index (χ4n) is 1.86. The largest absolute Gasteiger partial charge is 0.444 e. The second kappa shape index (κ2) is 6.21. The lowest BCUT2D eigenvalue weighted by atomic mass is 9.99. The first-order chi connectivity index (χ1) is 7.90. The predicted molar refractivity (Wildman–Crippen MR) is 65.8 cm³/mol. The van der Waals surface area contributed by atoms with Gasteiger partial charge in [0.2, 0.25) is 0 Å². The third-order valence-corrected chi connectivity index (χ3v) is 2.65. The predicted octanol–water partition coefficient (Wildman–Crippen LogP) is 1.27. The molecule has 0 aromatic heterocycles. The van der Waals surface area contributed by atoms with Gasteiger partial charge in [0.15, 0.2) is 0 Å². The molecule has 0 aromatic carbocycles. The highest BCUT2D eigenvalue weighted by atomic mass is 16.6. The second-order valence-corrected chi connectivity index (χ2v) is 5.54. The minimum absolute atomic E-state index is 0.0310. The number of carbonyl (C=O) groups is 1. The van der Waals surface area contributed by atoms with E-state index in [0.717, 1.165) is 26.1 Å². The maximum Gasteiger partial charge on any atom is 0.407 e. The maximum absolute atomic E-state index is 11.6. The topological polar surface area (TPSA) is 73.6 Å². The van der Waals surface area contributed by atoms with Gasteiger partial charge in [-0.1, -0.05) is 0 Å². The average Bonchev–Trinajstić information content (AvgIpc) is 2.66. The van der Waals surface area contributed by atoms with Gasteiger partial charge >= 0.3 is 6.09 Å². The summed E-state index contributed by atoms with van der Waals surface area (Å²) in [5.74, 6) is 0.499. The number of alkyl carbamates (subject to hydrolysis) is 1. The van der Waals surface area contributed by atoms with Crippen molar-refractivity contribution >= 4 is 6.09 Å². The van der Waals surface area contributed by atoms with Crippen LogP contribution in [0.2, 0.25) is 0 Å². The van der Waals surface area contributed by atoms with Gasteiger partial charge in [-0.05, 0) is 39.5 Å². The molecule has 1 aliphatic heterocycles. The molecule has 0 saturated carbocycles. The first-order valence-electron chi connectivity index (χ1n) is 6.18. The van der Waals surface area contributed by atoms with Crippen molar-refractivity contribution in [1.82, 2.24) is 5.32 Å². The molecule has 1 aliphatic rings. The molecular formula is C12H24N2O3. The van der Waals surface area contributed by atoms with Crippen LogP contribution in [0, 0.1) is 5.92 Å². The Balaban J connectivity index is 2.32. The van der Waals surface area contributed by atoms with Gasteiger partial charge in [0.1, 0.15) is 5.60 Å². The molecule has 5 heteroatoms. The van der Waals surface area contributed by atoms with Crippen molar-refractivity contribution in [1.29, 1.82) is 0 Å². The molecule has 0 aliphatic carbocycles.